The summed E-state index contributed by atoms with van der Waals surface area (Å²) in [6, 6.07) is 10.2. The molecule has 4 nitrogen and oxygen atoms in total. The number of benzene rings is 1. The predicted octanol–water partition coefficient (Wildman–Crippen LogP) is 4.01. The SMILES string of the molecule is CCN(CC)C(=O)/C(C#N)=C\c1cc(C)n(-c2ccc(F)cc2)c1C. The van der Waals surface area contributed by atoms with Gasteiger partial charge in [0.25, 0.3) is 5.91 Å². The van der Waals surface area contributed by atoms with Crippen LogP contribution in [0.2, 0.25) is 0 Å². The van der Waals surface area contributed by atoms with E-state index < -0.39 is 0 Å². The molecule has 1 aromatic carbocycles. The molecule has 0 radical (unpaired) electrons. The van der Waals surface area contributed by atoms with Gasteiger partial charge in [0.15, 0.2) is 0 Å². The Bertz CT molecular complexity index is 837. The molecule has 130 valence electrons. The maximum atomic E-state index is 13.2. The van der Waals surface area contributed by atoms with Crippen LogP contribution in [0, 0.1) is 31.0 Å². The van der Waals surface area contributed by atoms with Gasteiger partial charge in [0.1, 0.15) is 17.5 Å². The van der Waals surface area contributed by atoms with Crippen LogP contribution >= 0.6 is 0 Å². The standard InChI is InChI=1S/C20H22FN3O/c1-5-23(6-2)20(25)17(13-22)12-16-11-14(3)24(15(16)4)19-9-7-18(21)8-10-19/h7-12H,5-6H2,1-4H3/b17-12-. The lowest BCUT2D eigenvalue weighted by Crippen LogP contribution is -2.31. The van der Waals surface area contributed by atoms with Crippen LogP contribution in [-0.4, -0.2) is 28.5 Å². The van der Waals surface area contributed by atoms with E-state index in [9.17, 15) is 14.4 Å². The van der Waals surface area contributed by atoms with Crippen molar-refractivity contribution >= 4 is 12.0 Å². The molecule has 0 fully saturated rings. The van der Waals surface area contributed by atoms with Crippen LogP contribution < -0.4 is 0 Å². The Hall–Kier alpha value is -2.87. The quantitative estimate of drug-likeness (QED) is 0.610. The highest BCUT2D eigenvalue weighted by Crippen LogP contribution is 2.23. The average Bonchev–Trinajstić information content (AvgIpc) is 2.88. The van der Waals surface area contributed by atoms with Gasteiger partial charge in [-0.3, -0.25) is 4.79 Å². The second kappa shape index (κ2) is 7.80. The summed E-state index contributed by atoms with van der Waals surface area (Å²) in [6.07, 6.45) is 1.63. The van der Waals surface area contributed by atoms with Crippen molar-refractivity contribution in [2.24, 2.45) is 0 Å². The van der Waals surface area contributed by atoms with Crippen LogP contribution in [0.4, 0.5) is 4.39 Å². The number of hydrogen-bond acceptors (Lipinski definition) is 2. The summed E-state index contributed by atoms with van der Waals surface area (Å²) in [7, 11) is 0. The molecule has 1 amide bonds. The normalized spacial score (nSPS) is 11.3. The lowest BCUT2D eigenvalue weighted by atomic mass is 10.1. The zero-order chi connectivity index (χ0) is 18.6. The Labute approximate surface area is 147 Å². The van der Waals surface area contributed by atoms with Gasteiger partial charge < -0.3 is 9.47 Å². The molecule has 2 rings (SSSR count). The van der Waals surface area contributed by atoms with E-state index in [1.54, 1.807) is 23.1 Å². The molecule has 0 atom stereocenters. The van der Waals surface area contributed by atoms with Crippen LogP contribution in [0.25, 0.3) is 11.8 Å². The minimum atomic E-state index is -0.289. The van der Waals surface area contributed by atoms with E-state index in [2.05, 4.69) is 0 Å². The van der Waals surface area contributed by atoms with Gasteiger partial charge in [-0.15, -0.1) is 0 Å². The Morgan fingerprint density at radius 2 is 1.84 bits per heavy atom. The molecule has 1 heterocycles. The molecule has 0 aliphatic carbocycles. The van der Waals surface area contributed by atoms with E-state index in [1.807, 2.05) is 44.4 Å². The monoisotopic (exact) mass is 339 g/mol. The fraction of sp³-hybridized carbons (Fsp3) is 0.300. The molecule has 25 heavy (non-hydrogen) atoms. The van der Waals surface area contributed by atoms with Crippen LogP contribution in [0.15, 0.2) is 35.9 Å². The minimum Gasteiger partial charge on any atom is -0.339 e. The Morgan fingerprint density at radius 1 is 1.24 bits per heavy atom. The summed E-state index contributed by atoms with van der Waals surface area (Å²) in [5, 5.41) is 9.40. The van der Waals surface area contributed by atoms with E-state index in [4.69, 9.17) is 0 Å². The number of carbonyl (C=O) groups excluding carboxylic acids is 1. The van der Waals surface area contributed by atoms with Crippen molar-refractivity contribution in [1.82, 2.24) is 9.47 Å². The minimum absolute atomic E-state index is 0.114. The first-order chi connectivity index (χ1) is 11.9. The zero-order valence-corrected chi connectivity index (χ0v) is 15.0. The first-order valence-electron chi connectivity index (χ1n) is 8.28. The molecule has 0 spiro atoms. The van der Waals surface area contributed by atoms with E-state index in [0.717, 1.165) is 22.6 Å². The summed E-state index contributed by atoms with van der Waals surface area (Å²) in [5.74, 6) is -0.554. The second-order valence-electron chi connectivity index (χ2n) is 5.79. The van der Waals surface area contributed by atoms with E-state index in [0.29, 0.717) is 13.1 Å². The molecular weight excluding hydrogens is 317 g/mol. The van der Waals surface area contributed by atoms with Crippen LogP contribution in [0.5, 0.6) is 0 Å². The van der Waals surface area contributed by atoms with Gasteiger partial charge in [-0.25, -0.2) is 4.39 Å². The van der Waals surface area contributed by atoms with Crippen molar-refractivity contribution in [3.8, 4) is 11.8 Å². The first-order valence-corrected chi connectivity index (χ1v) is 8.28. The lowest BCUT2D eigenvalue weighted by molar-refractivity contribution is -0.126. The van der Waals surface area contributed by atoms with Gasteiger partial charge in [0.2, 0.25) is 0 Å². The highest BCUT2D eigenvalue weighted by atomic mass is 19.1. The molecule has 5 heteroatoms. The number of likely N-dealkylation sites (N-methyl/N-ethyl adjacent to an activating group) is 1. The number of carbonyl (C=O) groups is 1. The van der Waals surface area contributed by atoms with Crippen molar-refractivity contribution in [3.63, 3.8) is 0 Å². The number of aryl methyl sites for hydroxylation is 1. The van der Waals surface area contributed by atoms with E-state index >= 15 is 0 Å². The summed E-state index contributed by atoms with van der Waals surface area (Å²) >= 11 is 0. The number of aromatic nitrogens is 1. The van der Waals surface area contributed by atoms with E-state index in [-0.39, 0.29) is 17.3 Å². The maximum absolute atomic E-state index is 13.2. The van der Waals surface area contributed by atoms with Crippen LogP contribution in [0.1, 0.15) is 30.8 Å². The van der Waals surface area contributed by atoms with E-state index in [1.165, 1.54) is 12.1 Å². The predicted molar refractivity (Wildman–Crippen MR) is 96.7 cm³/mol. The largest absolute Gasteiger partial charge is 0.339 e. The fourth-order valence-electron chi connectivity index (χ4n) is 2.90. The molecule has 0 saturated heterocycles. The molecule has 0 aliphatic rings. The van der Waals surface area contributed by atoms with Crippen molar-refractivity contribution < 1.29 is 9.18 Å². The summed E-state index contributed by atoms with van der Waals surface area (Å²) < 4.78 is 15.1. The van der Waals surface area contributed by atoms with Crippen molar-refractivity contribution in [2.45, 2.75) is 27.7 Å². The number of amides is 1. The third-order valence-corrected chi connectivity index (χ3v) is 4.26. The zero-order valence-electron chi connectivity index (χ0n) is 15.0. The summed E-state index contributed by atoms with van der Waals surface area (Å²) in [4.78, 5) is 14.1. The third kappa shape index (κ3) is 3.80. The van der Waals surface area contributed by atoms with Crippen molar-refractivity contribution in [1.29, 1.82) is 5.26 Å². The molecule has 0 bridgehead atoms. The molecular formula is C20H22FN3O. The molecule has 2 aromatic rings. The van der Waals surface area contributed by atoms with Gasteiger partial charge >= 0.3 is 0 Å². The Balaban J connectivity index is 2.47. The number of nitriles is 1. The highest BCUT2D eigenvalue weighted by Gasteiger charge is 2.17. The number of hydrogen-bond donors (Lipinski definition) is 0. The van der Waals surface area contributed by atoms with Crippen LogP contribution in [0.3, 0.4) is 0 Å². The Morgan fingerprint density at radius 3 is 2.36 bits per heavy atom. The van der Waals surface area contributed by atoms with Gasteiger partial charge in [-0.05, 0) is 69.7 Å². The number of halogens is 1. The Kier molecular flexibility index (Phi) is 5.76. The van der Waals surface area contributed by atoms with Gasteiger partial charge in [-0.2, -0.15) is 5.26 Å². The number of nitrogens with zero attached hydrogens (tertiary/aromatic N) is 3. The van der Waals surface area contributed by atoms with Crippen molar-refractivity contribution in [3.05, 3.63) is 58.7 Å². The van der Waals surface area contributed by atoms with Gasteiger partial charge in [-0.1, -0.05) is 0 Å². The highest BCUT2D eigenvalue weighted by molar-refractivity contribution is 6.01. The molecule has 0 saturated carbocycles. The lowest BCUT2D eigenvalue weighted by Gasteiger charge is -2.17. The third-order valence-electron chi connectivity index (χ3n) is 4.26. The smallest absolute Gasteiger partial charge is 0.264 e. The molecule has 1 aromatic heterocycles. The van der Waals surface area contributed by atoms with Crippen molar-refractivity contribution in [2.75, 3.05) is 13.1 Å². The molecule has 0 unspecified atom stereocenters. The summed E-state index contributed by atoms with van der Waals surface area (Å²) in [5.41, 5.74) is 3.60. The van der Waals surface area contributed by atoms with Crippen LogP contribution in [-0.2, 0) is 4.79 Å². The first kappa shape index (κ1) is 18.5. The topological polar surface area (TPSA) is 49.0 Å². The average molecular weight is 339 g/mol. The van der Waals surface area contributed by atoms with Gasteiger partial charge in [0.05, 0.1) is 0 Å². The molecule has 0 aliphatic heterocycles. The molecule has 0 N–H and O–H groups in total. The fourth-order valence-corrected chi connectivity index (χ4v) is 2.90. The second-order valence-corrected chi connectivity index (χ2v) is 5.79. The summed E-state index contributed by atoms with van der Waals surface area (Å²) in [6.45, 7) is 8.74. The maximum Gasteiger partial charge on any atom is 0.264 e. The van der Waals surface area contributed by atoms with Gasteiger partial charge in [0, 0.05) is 30.2 Å². The number of rotatable bonds is 5.